The van der Waals surface area contributed by atoms with Gasteiger partial charge in [-0.15, -0.1) is 0 Å². The first-order chi connectivity index (χ1) is 17.2. The minimum Gasteiger partial charge on any atom is -0.359 e. The molecule has 0 saturated heterocycles. The Morgan fingerprint density at radius 3 is 2.47 bits per heavy atom. The van der Waals surface area contributed by atoms with Crippen molar-refractivity contribution in [1.29, 1.82) is 0 Å². The molecule has 2 aromatic carbocycles. The van der Waals surface area contributed by atoms with Gasteiger partial charge in [0.05, 0.1) is 18.0 Å². The van der Waals surface area contributed by atoms with Crippen molar-refractivity contribution in [1.82, 2.24) is 24.9 Å². The number of hydrogen-bond donors (Lipinski definition) is 0. The van der Waals surface area contributed by atoms with E-state index in [0.717, 1.165) is 17.2 Å². The number of benzene rings is 2. The average molecular weight is 499 g/mol. The van der Waals surface area contributed by atoms with Gasteiger partial charge in [-0.3, -0.25) is 4.68 Å². The Morgan fingerprint density at radius 1 is 0.917 bits per heavy atom. The van der Waals surface area contributed by atoms with Gasteiger partial charge in [-0.05, 0) is 30.5 Å². The lowest BCUT2D eigenvalue weighted by molar-refractivity contribution is -0.135. The topological polar surface area (TPSA) is 69.6 Å². The maximum Gasteiger partial charge on any atom is 0.389 e. The molecule has 0 atom stereocenters. The summed E-state index contributed by atoms with van der Waals surface area (Å²) in [6, 6.07) is 12.7. The molecule has 0 amide bonds. The van der Waals surface area contributed by atoms with Crippen LogP contribution in [0.4, 0.5) is 22.0 Å². The van der Waals surface area contributed by atoms with Gasteiger partial charge < -0.3 is 4.52 Å². The molecule has 11 heteroatoms. The molecule has 0 N–H and O–H groups in total. The molecule has 1 aromatic heterocycles. The second-order valence-electron chi connectivity index (χ2n) is 8.23. The van der Waals surface area contributed by atoms with Crippen molar-refractivity contribution < 1.29 is 26.5 Å². The van der Waals surface area contributed by atoms with Crippen LogP contribution in [-0.2, 0) is 13.0 Å². The predicted octanol–water partition coefficient (Wildman–Crippen LogP) is 6.31. The van der Waals surface area contributed by atoms with Crippen molar-refractivity contribution in [2.24, 2.45) is 0 Å². The Hall–Kier alpha value is -4.15. The SMILES string of the molecule is Fc1cccc(-c2nc3cnn(Cc4cc(-c5ccc(CCCC(F)(F)F)cc5)no4)cc-3n2)c1F. The van der Waals surface area contributed by atoms with Gasteiger partial charge in [-0.25, -0.2) is 18.7 Å². The third-order valence-electron chi connectivity index (χ3n) is 5.56. The van der Waals surface area contributed by atoms with Crippen LogP contribution in [0.15, 0.2) is 65.4 Å². The Balaban J connectivity index is 1.28. The van der Waals surface area contributed by atoms with Gasteiger partial charge in [0.15, 0.2) is 23.2 Å². The molecule has 2 aliphatic rings. The summed E-state index contributed by atoms with van der Waals surface area (Å²) < 4.78 is 71.6. The zero-order valence-electron chi connectivity index (χ0n) is 18.6. The second-order valence-corrected chi connectivity index (χ2v) is 8.23. The summed E-state index contributed by atoms with van der Waals surface area (Å²) >= 11 is 0. The minimum absolute atomic E-state index is 0.0380. The van der Waals surface area contributed by atoms with E-state index in [0.29, 0.717) is 29.3 Å². The smallest absolute Gasteiger partial charge is 0.359 e. The van der Waals surface area contributed by atoms with E-state index in [9.17, 15) is 22.0 Å². The van der Waals surface area contributed by atoms with E-state index in [2.05, 4.69) is 20.2 Å². The summed E-state index contributed by atoms with van der Waals surface area (Å²) in [6.45, 7) is 0.231. The van der Waals surface area contributed by atoms with E-state index >= 15 is 0 Å². The molecule has 0 fully saturated rings. The van der Waals surface area contributed by atoms with Crippen LogP contribution in [0.3, 0.4) is 0 Å². The highest BCUT2D eigenvalue weighted by atomic mass is 19.4. The van der Waals surface area contributed by atoms with Crippen molar-refractivity contribution in [3.63, 3.8) is 0 Å². The average Bonchev–Trinajstić information content (AvgIpc) is 3.47. The maximum atomic E-state index is 14.1. The summed E-state index contributed by atoms with van der Waals surface area (Å²) in [5, 5.41) is 8.33. The number of alkyl halides is 3. The molecular formula is C25H18F5N5O. The molecule has 0 spiro atoms. The van der Waals surface area contributed by atoms with Crippen molar-refractivity contribution in [2.75, 3.05) is 0 Å². The first-order valence-electron chi connectivity index (χ1n) is 11.0. The van der Waals surface area contributed by atoms with Gasteiger partial charge in [-0.1, -0.05) is 35.5 Å². The highest BCUT2D eigenvalue weighted by Gasteiger charge is 2.26. The first-order valence-corrected chi connectivity index (χ1v) is 11.0. The van der Waals surface area contributed by atoms with E-state index in [1.54, 1.807) is 41.2 Å². The molecule has 0 unspecified atom stereocenters. The standard InChI is InChI=1S/C25H18F5N5O/c26-19-5-1-4-18(23(19)27)24-32-21-12-31-35(14-22(21)33-24)13-17-11-20(34-36-17)16-8-6-15(7-9-16)3-2-10-25(28,29)30/h1,4-9,11-12,14H,2-3,10,13H2. The number of imidazole rings is 1. The minimum atomic E-state index is -4.15. The lowest BCUT2D eigenvalue weighted by Gasteiger charge is -2.06. The monoisotopic (exact) mass is 499 g/mol. The van der Waals surface area contributed by atoms with Gasteiger partial charge in [0.25, 0.3) is 0 Å². The van der Waals surface area contributed by atoms with Crippen LogP contribution in [0.25, 0.3) is 34.0 Å². The second kappa shape index (κ2) is 9.48. The first kappa shape index (κ1) is 23.6. The summed E-state index contributed by atoms with van der Waals surface area (Å²) in [5.74, 6) is -1.43. The Morgan fingerprint density at radius 2 is 1.69 bits per heavy atom. The molecule has 36 heavy (non-hydrogen) atoms. The number of halogens is 5. The lowest BCUT2D eigenvalue weighted by atomic mass is 10.0. The zero-order valence-corrected chi connectivity index (χ0v) is 18.6. The summed E-state index contributed by atoms with van der Waals surface area (Å²) in [6.07, 6.45) is -1.49. The Labute approximate surface area is 201 Å². The van der Waals surface area contributed by atoms with E-state index in [4.69, 9.17) is 4.52 Å². The number of hydrogen-bond acceptors (Lipinski definition) is 5. The van der Waals surface area contributed by atoms with Crippen molar-refractivity contribution in [3.05, 3.63) is 83.9 Å². The van der Waals surface area contributed by atoms with Crippen molar-refractivity contribution in [3.8, 4) is 34.0 Å². The van der Waals surface area contributed by atoms with Crippen molar-refractivity contribution in [2.45, 2.75) is 32.0 Å². The van der Waals surface area contributed by atoms with Gasteiger partial charge in [0, 0.05) is 18.1 Å². The normalized spacial score (nSPS) is 11.9. The number of nitrogens with zero attached hydrogens (tertiary/aromatic N) is 5. The molecule has 0 bridgehead atoms. The molecule has 6 nitrogen and oxygen atoms in total. The summed E-state index contributed by atoms with van der Waals surface area (Å²) in [7, 11) is 0. The highest BCUT2D eigenvalue weighted by Crippen LogP contribution is 2.28. The van der Waals surface area contributed by atoms with Crippen LogP contribution in [0.2, 0.25) is 0 Å². The molecular weight excluding hydrogens is 481 g/mol. The molecule has 3 heterocycles. The molecule has 0 aliphatic carbocycles. The van der Waals surface area contributed by atoms with E-state index in [-0.39, 0.29) is 24.4 Å². The van der Waals surface area contributed by atoms with E-state index < -0.39 is 24.2 Å². The molecule has 0 radical (unpaired) electrons. The van der Waals surface area contributed by atoms with Crippen LogP contribution in [-0.4, -0.2) is 31.1 Å². The fraction of sp³-hybridized carbons (Fsp3) is 0.200. The van der Waals surface area contributed by atoms with Crippen LogP contribution >= 0.6 is 0 Å². The Kier molecular flexibility index (Phi) is 6.21. The molecule has 5 rings (SSSR count). The van der Waals surface area contributed by atoms with E-state index in [1.165, 1.54) is 18.3 Å². The molecule has 0 saturated carbocycles. The van der Waals surface area contributed by atoms with Crippen LogP contribution < -0.4 is 0 Å². The van der Waals surface area contributed by atoms with Crippen LogP contribution in [0.5, 0.6) is 0 Å². The quantitative estimate of drug-likeness (QED) is 0.246. The number of rotatable bonds is 7. The third-order valence-corrected chi connectivity index (χ3v) is 5.56. The molecule has 2 aliphatic heterocycles. The number of aromatic nitrogens is 5. The van der Waals surface area contributed by atoms with Crippen LogP contribution in [0, 0.1) is 11.6 Å². The molecule has 3 aromatic rings. The predicted molar refractivity (Wildman–Crippen MR) is 120 cm³/mol. The molecule has 184 valence electrons. The zero-order chi connectivity index (χ0) is 25.3. The van der Waals surface area contributed by atoms with Crippen LogP contribution in [0.1, 0.15) is 24.2 Å². The number of aryl methyl sites for hydroxylation is 1. The number of fused-ring (bicyclic) bond motifs is 1. The Bertz CT molecular complexity index is 1460. The van der Waals surface area contributed by atoms with Gasteiger partial charge in [0.1, 0.15) is 23.6 Å². The third kappa shape index (κ3) is 5.24. The fourth-order valence-electron chi connectivity index (χ4n) is 3.76. The highest BCUT2D eigenvalue weighted by molar-refractivity contribution is 5.65. The summed E-state index contributed by atoms with van der Waals surface area (Å²) in [5.41, 5.74) is 2.99. The lowest BCUT2D eigenvalue weighted by Crippen LogP contribution is -2.07. The fourth-order valence-corrected chi connectivity index (χ4v) is 3.76. The van der Waals surface area contributed by atoms with Gasteiger partial charge >= 0.3 is 6.18 Å². The summed E-state index contributed by atoms with van der Waals surface area (Å²) in [4.78, 5) is 8.52. The van der Waals surface area contributed by atoms with Gasteiger partial charge in [-0.2, -0.15) is 18.3 Å². The maximum absolute atomic E-state index is 14.1. The largest absolute Gasteiger partial charge is 0.389 e. The van der Waals surface area contributed by atoms with E-state index in [1.807, 2.05) is 0 Å². The van der Waals surface area contributed by atoms with Gasteiger partial charge in [0.2, 0.25) is 0 Å². The van der Waals surface area contributed by atoms with Crippen molar-refractivity contribution >= 4 is 0 Å².